The molecule has 1 saturated carbocycles. The maximum absolute atomic E-state index is 12.9. The van der Waals surface area contributed by atoms with E-state index in [4.69, 9.17) is 11.6 Å². The third kappa shape index (κ3) is 6.19. The van der Waals surface area contributed by atoms with Crippen molar-refractivity contribution in [2.45, 2.75) is 24.7 Å². The van der Waals surface area contributed by atoms with Gasteiger partial charge in [-0.2, -0.15) is 0 Å². The molecule has 0 radical (unpaired) electrons. The van der Waals surface area contributed by atoms with Gasteiger partial charge in [0, 0.05) is 37.1 Å². The Morgan fingerprint density at radius 1 is 1.10 bits per heavy atom. The van der Waals surface area contributed by atoms with Crippen LogP contribution in [0.1, 0.15) is 24.0 Å². The molecule has 0 unspecified atom stereocenters. The van der Waals surface area contributed by atoms with Gasteiger partial charge in [0.05, 0.1) is 6.42 Å². The number of benzene rings is 2. The fourth-order valence-electron chi connectivity index (χ4n) is 3.24. The Bertz CT molecular complexity index is 865. The topological polar surface area (TPSA) is 65.5 Å². The number of halogens is 2. The molecule has 7 heteroatoms. The number of amides is 1. The van der Waals surface area contributed by atoms with Crippen molar-refractivity contribution >= 4 is 23.5 Å². The molecule has 0 spiro atoms. The molecule has 5 nitrogen and oxygen atoms in total. The molecule has 1 fully saturated rings. The average molecular weight is 417 g/mol. The van der Waals surface area contributed by atoms with Crippen molar-refractivity contribution in [3.8, 4) is 0 Å². The van der Waals surface area contributed by atoms with Crippen LogP contribution in [0.5, 0.6) is 0 Å². The lowest BCUT2D eigenvalue weighted by Crippen LogP contribution is -2.44. The number of hydrogen-bond acceptors (Lipinski definition) is 2. The predicted octanol–water partition coefficient (Wildman–Crippen LogP) is 3.03. The minimum absolute atomic E-state index is 0.0979. The van der Waals surface area contributed by atoms with Crippen molar-refractivity contribution < 1.29 is 9.18 Å². The lowest BCUT2D eigenvalue weighted by atomic mass is 9.96. The van der Waals surface area contributed by atoms with E-state index >= 15 is 0 Å². The van der Waals surface area contributed by atoms with Crippen LogP contribution in [0.4, 0.5) is 4.39 Å². The highest BCUT2D eigenvalue weighted by Gasteiger charge is 2.44. The van der Waals surface area contributed by atoms with Crippen LogP contribution < -0.4 is 16.0 Å². The molecule has 2 aromatic carbocycles. The van der Waals surface area contributed by atoms with Crippen molar-refractivity contribution in [2.24, 2.45) is 4.99 Å². The maximum Gasteiger partial charge on any atom is 0.224 e. The fourth-order valence-corrected chi connectivity index (χ4v) is 3.43. The summed E-state index contributed by atoms with van der Waals surface area (Å²) in [4.78, 5) is 16.2. The number of hydrogen-bond donors (Lipinski definition) is 3. The van der Waals surface area contributed by atoms with Gasteiger partial charge in [0.2, 0.25) is 5.91 Å². The summed E-state index contributed by atoms with van der Waals surface area (Å²) in [6.45, 7) is 1.81. The van der Waals surface area contributed by atoms with Crippen LogP contribution in [0.25, 0.3) is 0 Å². The summed E-state index contributed by atoms with van der Waals surface area (Å²) >= 11 is 6.13. The second-order valence-electron chi connectivity index (χ2n) is 7.30. The Morgan fingerprint density at radius 2 is 1.83 bits per heavy atom. The Balaban J connectivity index is 1.37. The van der Waals surface area contributed by atoms with E-state index in [1.165, 1.54) is 17.7 Å². The van der Waals surface area contributed by atoms with Gasteiger partial charge >= 0.3 is 0 Å². The summed E-state index contributed by atoms with van der Waals surface area (Å²) in [5, 5.41) is 10.2. The first-order chi connectivity index (χ1) is 14.0. The molecule has 0 aliphatic heterocycles. The number of guanidine groups is 1. The van der Waals surface area contributed by atoms with Crippen LogP contribution in [0.2, 0.25) is 5.02 Å². The van der Waals surface area contributed by atoms with Crippen molar-refractivity contribution in [1.29, 1.82) is 0 Å². The number of carbonyl (C=O) groups excluding carboxylic acids is 1. The van der Waals surface area contributed by atoms with Gasteiger partial charge in [0.25, 0.3) is 0 Å². The summed E-state index contributed by atoms with van der Waals surface area (Å²) in [5.74, 6) is 0.297. The van der Waals surface area contributed by atoms with E-state index in [0.717, 1.165) is 30.0 Å². The van der Waals surface area contributed by atoms with E-state index in [1.807, 2.05) is 18.2 Å². The highest BCUT2D eigenvalue weighted by Crippen LogP contribution is 2.48. The van der Waals surface area contributed by atoms with E-state index in [9.17, 15) is 9.18 Å². The first-order valence-corrected chi connectivity index (χ1v) is 10.1. The van der Waals surface area contributed by atoms with Gasteiger partial charge in [-0.1, -0.05) is 35.9 Å². The second-order valence-corrected chi connectivity index (χ2v) is 7.73. The van der Waals surface area contributed by atoms with Gasteiger partial charge < -0.3 is 16.0 Å². The van der Waals surface area contributed by atoms with Crippen molar-refractivity contribution in [2.75, 3.05) is 26.7 Å². The molecule has 3 N–H and O–H groups in total. The quantitative estimate of drug-likeness (QED) is 0.352. The molecule has 1 aliphatic carbocycles. The first kappa shape index (κ1) is 21.1. The van der Waals surface area contributed by atoms with Crippen LogP contribution in [0.15, 0.2) is 53.5 Å². The number of nitrogens with one attached hydrogen (secondary N) is 3. The summed E-state index contributed by atoms with van der Waals surface area (Å²) in [6, 6.07) is 14.0. The first-order valence-electron chi connectivity index (χ1n) is 9.72. The van der Waals surface area contributed by atoms with E-state index in [0.29, 0.717) is 19.0 Å². The summed E-state index contributed by atoms with van der Waals surface area (Å²) in [6.07, 6.45) is 2.48. The van der Waals surface area contributed by atoms with Crippen molar-refractivity contribution in [3.05, 3.63) is 70.5 Å². The molecule has 0 aromatic heterocycles. The third-order valence-electron chi connectivity index (χ3n) is 5.13. The van der Waals surface area contributed by atoms with E-state index in [1.54, 1.807) is 19.2 Å². The molecular formula is C22H26ClFN4O. The number of nitrogens with zero attached hydrogens (tertiary/aromatic N) is 1. The smallest absolute Gasteiger partial charge is 0.224 e. The second kappa shape index (κ2) is 9.74. The molecule has 0 saturated heterocycles. The van der Waals surface area contributed by atoms with Gasteiger partial charge in [-0.25, -0.2) is 4.39 Å². The summed E-state index contributed by atoms with van der Waals surface area (Å²) < 4.78 is 12.9. The lowest BCUT2D eigenvalue weighted by Gasteiger charge is -2.19. The zero-order valence-corrected chi connectivity index (χ0v) is 17.2. The third-order valence-corrected chi connectivity index (χ3v) is 5.36. The molecule has 1 aliphatic rings. The maximum atomic E-state index is 12.9. The van der Waals surface area contributed by atoms with E-state index in [2.05, 4.69) is 27.0 Å². The Kier molecular flexibility index (Phi) is 7.09. The SMILES string of the molecule is CN=C(NCCNC(=O)Cc1ccc(F)cc1)NCC1(c2cccc(Cl)c2)CC1. The number of rotatable bonds is 8. The largest absolute Gasteiger partial charge is 0.356 e. The molecule has 1 amide bonds. The highest BCUT2D eigenvalue weighted by molar-refractivity contribution is 6.30. The average Bonchev–Trinajstić information content (AvgIpc) is 3.50. The van der Waals surface area contributed by atoms with E-state index in [-0.39, 0.29) is 23.6 Å². The minimum Gasteiger partial charge on any atom is -0.356 e. The predicted molar refractivity (Wildman–Crippen MR) is 115 cm³/mol. The van der Waals surface area contributed by atoms with Crippen molar-refractivity contribution in [3.63, 3.8) is 0 Å². The lowest BCUT2D eigenvalue weighted by molar-refractivity contribution is -0.120. The molecule has 0 atom stereocenters. The molecule has 29 heavy (non-hydrogen) atoms. The van der Waals surface area contributed by atoms with Crippen LogP contribution in [-0.4, -0.2) is 38.5 Å². The molecule has 0 bridgehead atoms. The highest BCUT2D eigenvalue weighted by atomic mass is 35.5. The molecule has 0 heterocycles. The summed E-state index contributed by atoms with van der Waals surface area (Å²) in [7, 11) is 1.72. The zero-order chi connectivity index (χ0) is 20.7. The Hall–Kier alpha value is -2.60. The molecule has 3 rings (SSSR count). The standard InChI is InChI=1S/C22H26ClFN4O/c1-25-21(28-15-22(9-10-22)17-3-2-4-18(23)14-17)27-12-11-26-20(29)13-16-5-7-19(24)8-6-16/h2-8,14H,9-13,15H2,1H3,(H,26,29)(H2,25,27,28). The van der Waals surface area contributed by atoms with E-state index < -0.39 is 0 Å². The van der Waals surface area contributed by atoms with Gasteiger partial charge in [0.1, 0.15) is 5.82 Å². The minimum atomic E-state index is -0.305. The summed E-state index contributed by atoms with van der Waals surface area (Å²) in [5.41, 5.74) is 2.15. The Morgan fingerprint density at radius 3 is 2.48 bits per heavy atom. The number of aliphatic imine (C=N–C) groups is 1. The zero-order valence-electron chi connectivity index (χ0n) is 16.5. The monoisotopic (exact) mass is 416 g/mol. The van der Waals surface area contributed by atoms with Crippen LogP contribution >= 0.6 is 11.6 Å². The normalized spacial score (nSPS) is 14.9. The van der Waals surface area contributed by atoms with Gasteiger partial charge in [-0.15, -0.1) is 0 Å². The van der Waals surface area contributed by atoms with Crippen molar-refractivity contribution in [1.82, 2.24) is 16.0 Å². The Labute approximate surface area is 175 Å². The fraction of sp³-hybridized carbons (Fsp3) is 0.364. The van der Waals surface area contributed by atoms with Crippen LogP contribution in [-0.2, 0) is 16.6 Å². The van der Waals surface area contributed by atoms with Gasteiger partial charge in [0.15, 0.2) is 5.96 Å². The molecule has 2 aromatic rings. The molecule has 154 valence electrons. The van der Waals surface area contributed by atoms with Gasteiger partial charge in [-0.3, -0.25) is 9.79 Å². The van der Waals surface area contributed by atoms with Crippen LogP contribution in [0, 0.1) is 5.82 Å². The molecular weight excluding hydrogens is 391 g/mol. The van der Waals surface area contributed by atoms with Gasteiger partial charge in [-0.05, 0) is 48.2 Å². The van der Waals surface area contributed by atoms with Crippen LogP contribution in [0.3, 0.4) is 0 Å². The number of carbonyl (C=O) groups is 1.